The molecule has 3 aliphatic rings. The number of carbonyl (C=O) groups is 17. The Morgan fingerprint density at radius 1 is 0.685 bits per heavy atom. The normalized spacial score (nSPS) is 20.5. The predicted molar refractivity (Wildman–Crippen MR) is 465 cm³/mol. The number of nitrogens with two attached hydrogens (primary N) is 2. The summed E-state index contributed by atoms with van der Waals surface area (Å²) in [7, 11) is -1.14. The molecule has 45 heteroatoms. The number of hydrogen-bond acceptors (Lipinski definition) is 27. The van der Waals surface area contributed by atoms with E-state index in [0.717, 1.165) is 29.1 Å². The topological polar surface area (TPSA) is 641 Å². The first kappa shape index (κ1) is 103. The summed E-state index contributed by atoms with van der Waals surface area (Å²) >= 11 is 0. The van der Waals surface area contributed by atoms with Crippen LogP contribution in [0.4, 0.5) is 15.3 Å². The highest BCUT2D eigenvalue weighted by atomic mass is 32.2. The van der Waals surface area contributed by atoms with Gasteiger partial charge in [0.05, 0.1) is 121 Å². The van der Waals surface area contributed by atoms with Gasteiger partial charge in [-0.05, 0) is 100 Å². The minimum absolute atomic E-state index is 0.0131. The molecule has 1 saturated heterocycles. The molecule has 5 aromatic rings. The van der Waals surface area contributed by atoms with E-state index in [4.69, 9.17) is 30.4 Å². The van der Waals surface area contributed by atoms with Crippen LogP contribution in [0.5, 0.6) is 5.75 Å². The van der Waals surface area contributed by atoms with Crippen LogP contribution < -0.4 is 74.7 Å². The quantitative estimate of drug-likeness (QED) is 0.0182. The second-order valence-electron chi connectivity index (χ2n) is 32.3. The highest BCUT2D eigenvalue weighted by molar-refractivity contribution is 7.85. The van der Waals surface area contributed by atoms with Crippen molar-refractivity contribution in [3.63, 3.8) is 0 Å². The maximum atomic E-state index is 15.4. The van der Waals surface area contributed by atoms with Gasteiger partial charge in [-0.2, -0.15) is 0 Å². The molecule has 2 bridgehead atoms. The van der Waals surface area contributed by atoms with Crippen molar-refractivity contribution in [2.45, 2.75) is 198 Å². The number of rotatable bonds is 35. The molecular formula is C85H117N19O25S. The molecule has 0 saturated carbocycles. The van der Waals surface area contributed by atoms with Crippen LogP contribution in [-0.2, 0) is 118 Å². The molecule has 14 atom stereocenters. The molecule has 3 aliphatic heterocycles. The van der Waals surface area contributed by atoms with E-state index >= 15 is 4.21 Å². The van der Waals surface area contributed by atoms with Gasteiger partial charge in [0.15, 0.2) is 5.78 Å². The number of fused-ring (bicyclic) bond motifs is 6. The van der Waals surface area contributed by atoms with Crippen LogP contribution in [0.25, 0.3) is 21.9 Å². The van der Waals surface area contributed by atoms with Crippen LogP contribution in [0.15, 0.2) is 65.7 Å². The van der Waals surface area contributed by atoms with Gasteiger partial charge in [0, 0.05) is 100.0 Å². The molecule has 0 radical (unpaired) electrons. The van der Waals surface area contributed by atoms with Gasteiger partial charge in [0.1, 0.15) is 59.7 Å². The Kier molecular flexibility index (Phi) is 38.4. The maximum Gasteiger partial charge on any atom is 0.415 e. The summed E-state index contributed by atoms with van der Waals surface area (Å²) in [6.07, 6.45) is -6.77. The molecule has 19 N–H and O–H groups in total. The number of H-pyrrole nitrogens is 1. The standard InChI is InChI=1S/C85H117N19O25S/c1-11-44(6)72-80(120)90-37-70(112)96-63-42-130(125)82-55(35-61(77(117)89-38-71(113)100-72)98-81(121)73(45(7)66(108)40-105)101-79(119)64-33-52(106)39-104(64)83(122)50(31-65(63)107)32-67(86)109)54-20-19-53(34-59(54)99-82)129-85(124)103(43(4)5)25-24-102(10)84(123)128-41-48-14-17-51(18-15-48)93-78(118)62(36-68(87)110)97-75(115)47(9)92-74(114)46(8)91-69(111)22-26-126-28-29-127-27-23-88-76(116)49-16-21-58-60(30-49)95-57(13-3)56(12-2)94-58/h14-21,30,34,43-47,50,52,61-64,66,72-73,99,105-106,108H,11-13,22-29,31-33,35-42H2,1-10H3,(H2,86,109)(H2,87,110)(H,88,116)(H,89,117)(H,90,120)(H,91,111)(H,92,114)(H,93,118)(H,96,112)(H,97,115)(H,98,121)(H,100,113)(H,101,119)/t44-,45-,46-,47-,50-,52+,61+,62-,63-,64-,66-,72-,73-,130?/m0/s1. The Morgan fingerprint density at radius 3 is 1.99 bits per heavy atom. The highest BCUT2D eigenvalue weighted by Gasteiger charge is 2.46. The van der Waals surface area contributed by atoms with Crippen LogP contribution in [0, 0.1) is 17.8 Å². The van der Waals surface area contributed by atoms with E-state index in [-0.39, 0.29) is 97.9 Å². The van der Waals surface area contributed by atoms with Crippen LogP contribution in [0.3, 0.4) is 0 Å². The number of carbonyl (C=O) groups excluding carboxylic acids is 17. The van der Waals surface area contributed by atoms with E-state index in [9.17, 15) is 96.8 Å². The number of aromatic nitrogens is 3. The molecular weight excluding hydrogens is 1720 g/mol. The first-order chi connectivity index (χ1) is 61.7. The zero-order chi connectivity index (χ0) is 95.5. The lowest BCUT2D eigenvalue weighted by Crippen LogP contribution is -2.61. The average molecular weight is 1840 g/mol. The van der Waals surface area contributed by atoms with Crippen molar-refractivity contribution in [1.29, 1.82) is 0 Å². The molecule has 130 heavy (non-hydrogen) atoms. The molecule has 1 fully saturated rings. The third kappa shape index (κ3) is 29.1. The smallest absolute Gasteiger partial charge is 0.415 e. The number of aryl methyl sites for hydroxylation is 2. The van der Waals surface area contributed by atoms with Gasteiger partial charge in [0.25, 0.3) is 5.91 Å². The fourth-order valence-corrected chi connectivity index (χ4v) is 15.8. The summed E-state index contributed by atoms with van der Waals surface area (Å²) < 4.78 is 37.9. The number of nitrogens with zero attached hydrogens (tertiary/aromatic N) is 5. The second-order valence-corrected chi connectivity index (χ2v) is 33.7. The lowest BCUT2D eigenvalue weighted by atomic mass is 9.93. The first-order valence-electron chi connectivity index (χ1n) is 42.8. The lowest BCUT2D eigenvalue weighted by Gasteiger charge is -2.32. The average Bonchev–Trinajstić information content (AvgIpc) is 1.62. The maximum absolute atomic E-state index is 15.4. The van der Waals surface area contributed by atoms with E-state index in [1.54, 1.807) is 45.9 Å². The number of aromatic amines is 1. The fourth-order valence-electron chi connectivity index (χ4n) is 14.4. The van der Waals surface area contributed by atoms with Crippen molar-refractivity contribution < 1.29 is 120 Å². The van der Waals surface area contributed by atoms with E-state index < -0.39 is 254 Å². The number of amides is 16. The fraction of sp³-hybridized carbons (Fsp3) is 0.541. The van der Waals surface area contributed by atoms with Crippen molar-refractivity contribution in [2.75, 3.05) is 90.4 Å². The van der Waals surface area contributed by atoms with E-state index in [2.05, 4.69) is 73.4 Å². The minimum Gasteiger partial charge on any atom is -0.445 e. The van der Waals surface area contributed by atoms with Crippen molar-refractivity contribution in [1.82, 2.24) is 82.8 Å². The van der Waals surface area contributed by atoms with E-state index in [1.165, 1.54) is 80.1 Å². The number of aliphatic hydroxyl groups is 3. The SMILES string of the molecule is CCc1nc2ccc(C(=O)NCCOCCOCCC(=O)N[C@@H](C)C(=O)N[C@@H](C)C(=O)N[C@@H](CC(N)=O)C(=O)Nc3ccc(COC(=O)N(C)CCN(C(=O)Oc4ccc5c6c([nH]c5c4)S(=O)C[C@@H]4NC(=O)CNC(=O)[C@H]([C@@H](C)CC)NC(=O)CNC(=O)[C@@H](C6)NC(=O)[C@H]([C@@H](C)[C@@H](O)CO)NC(=O)[C@@H]5C[C@@H](O)CN5C(=O)[C@H](CC(N)=O)CC4=O)C(C)C)cc3)cc2nc1CC. The number of likely N-dealkylation sites (N-methyl/N-ethyl adjacent to an activating group) is 1. The Balaban J connectivity index is 0.874. The molecule has 3 aromatic carbocycles. The van der Waals surface area contributed by atoms with Crippen molar-refractivity contribution in [3.8, 4) is 5.75 Å². The summed E-state index contributed by atoms with van der Waals surface area (Å²) in [6, 6.07) is 2.04. The van der Waals surface area contributed by atoms with E-state index in [0.29, 0.717) is 28.6 Å². The summed E-state index contributed by atoms with van der Waals surface area (Å²) in [5, 5.41) is 59.7. The highest BCUT2D eigenvalue weighted by Crippen LogP contribution is 2.32. The summed E-state index contributed by atoms with van der Waals surface area (Å²) in [6.45, 7) is 11.6. The first-order valence-corrected chi connectivity index (χ1v) is 44.1. The molecule has 0 spiro atoms. The Morgan fingerprint density at radius 2 is 1.34 bits per heavy atom. The van der Waals surface area contributed by atoms with Crippen LogP contribution in [0.2, 0.25) is 0 Å². The molecule has 8 rings (SSSR count). The van der Waals surface area contributed by atoms with E-state index in [1.807, 2.05) is 13.8 Å². The van der Waals surface area contributed by atoms with Crippen molar-refractivity contribution in [3.05, 3.63) is 88.7 Å². The van der Waals surface area contributed by atoms with Gasteiger partial charge in [-0.1, -0.05) is 53.2 Å². The van der Waals surface area contributed by atoms with Crippen molar-refractivity contribution >= 4 is 139 Å². The summed E-state index contributed by atoms with van der Waals surface area (Å²) in [5.41, 5.74) is 15.3. The second kappa shape index (κ2) is 48.6. The summed E-state index contributed by atoms with van der Waals surface area (Å²) in [5.74, 6) is -18.4. The Labute approximate surface area is 750 Å². The zero-order valence-corrected chi connectivity index (χ0v) is 74.9. The number of anilines is 1. The third-order valence-electron chi connectivity index (χ3n) is 22.1. The van der Waals surface area contributed by atoms with Gasteiger partial charge in [-0.3, -0.25) is 76.1 Å². The van der Waals surface area contributed by atoms with Gasteiger partial charge >= 0.3 is 12.2 Å². The molecule has 2 aromatic heterocycles. The molecule has 0 aliphatic carbocycles. The monoisotopic (exact) mass is 1840 g/mol. The Hall–Kier alpha value is -12.7. The number of ketones is 1. The zero-order valence-electron chi connectivity index (χ0n) is 74.0. The number of ether oxygens (including phenoxy) is 4. The van der Waals surface area contributed by atoms with Gasteiger partial charge < -0.3 is 124 Å². The number of Topliss-reactive ketones (excluding diaryl/α,β-unsaturated/α-hetero) is 1. The predicted octanol–water partition coefficient (Wildman–Crippen LogP) is -2.83. The van der Waals surface area contributed by atoms with Crippen LogP contribution >= 0.6 is 0 Å². The molecule has 44 nitrogen and oxygen atoms in total. The van der Waals surface area contributed by atoms with Crippen LogP contribution in [0.1, 0.15) is 134 Å². The number of aliphatic hydroxyl groups excluding tert-OH is 3. The number of hydrogen-bond donors (Lipinski definition) is 17. The summed E-state index contributed by atoms with van der Waals surface area (Å²) in [4.78, 5) is 249. The minimum atomic E-state index is -2.54. The molecule has 708 valence electrons. The molecule has 16 amide bonds. The van der Waals surface area contributed by atoms with Crippen LogP contribution in [-0.4, -0.2) is 302 Å². The van der Waals surface area contributed by atoms with Gasteiger partial charge in [0.2, 0.25) is 76.8 Å². The Bertz CT molecular complexity index is 5020. The molecule has 5 heterocycles. The molecule has 1 unspecified atom stereocenters. The largest absolute Gasteiger partial charge is 0.445 e. The number of nitrogens with one attached hydrogen (secondary N) is 12. The van der Waals surface area contributed by atoms with Gasteiger partial charge in [-0.15, -0.1) is 0 Å². The third-order valence-corrected chi connectivity index (χ3v) is 23.6. The van der Waals surface area contributed by atoms with Gasteiger partial charge in [-0.25, -0.2) is 19.6 Å². The lowest BCUT2D eigenvalue weighted by molar-refractivity contribution is -0.145. The number of benzene rings is 3. The number of primary amides is 2. The van der Waals surface area contributed by atoms with Crippen molar-refractivity contribution in [2.24, 2.45) is 29.2 Å².